The van der Waals surface area contributed by atoms with Crippen LogP contribution in [0.5, 0.6) is 0 Å². The summed E-state index contributed by atoms with van der Waals surface area (Å²) in [6.07, 6.45) is 14.7. The minimum absolute atomic E-state index is 0.0435. The van der Waals surface area contributed by atoms with E-state index in [4.69, 9.17) is 0 Å². The average molecular weight is 1640 g/mol. The number of thioether (sulfide) groups is 5. The molecule has 39 heteroatoms. The van der Waals surface area contributed by atoms with Crippen molar-refractivity contribution in [3.63, 3.8) is 0 Å². The SMILES string of the molecule is Cc1cnc(NC(=O)CCSc2ccc3c(=O)[nH][nH]c3c2)s1.Cc1cnc(NCCCSc2ccc3c(=O)[nH][nH]c3c2)s1.O=C(CCSc1ccc2c(=O)[nH][nH]c2c1)Nc1cc(C2CC2)[nH]n1.O=C(CCSc1ccc2c(=O)[nH][nH]c2c1)Nc1nccnn1.O=c1[nH][nH]c2cc(SCCCNc3cc(C4CC4)[nH]n3)ccc12. The molecule has 2 aliphatic rings. The number of anilines is 5. The van der Waals surface area contributed by atoms with E-state index in [0.717, 1.165) is 101 Å². The molecule has 2 saturated carbocycles. The molecule has 10 aromatic heterocycles. The number of aromatic nitrogens is 19. The van der Waals surface area contributed by atoms with Gasteiger partial charge in [0, 0.05) is 132 Å². The Hall–Kier alpha value is -11.1. The zero-order valence-electron chi connectivity index (χ0n) is 60.3. The minimum Gasteiger partial charge on any atom is -0.369 e. The Morgan fingerprint density at radius 2 is 0.777 bits per heavy atom. The summed E-state index contributed by atoms with van der Waals surface area (Å²) in [6, 6.07) is 32.4. The molecule has 32 nitrogen and oxygen atoms in total. The third-order valence-electron chi connectivity index (χ3n) is 17.0. The average Bonchev–Trinajstić information content (AvgIpc) is 1.70. The Bertz CT molecular complexity index is 5970. The molecule has 0 saturated heterocycles. The topological polar surface area (TPSA) is 476 Å². The number of aryl methyl sites for hydroxylation is 2. The van der Waals surface area contributed by atoms with E-state index in [-0.39, 0.29) is 51.5 Å². The lowest BCUT2D eigenvalue weighted by molar-refractivity contribution is -0.116. The van der Waals surface area contributed by atoms with Crippen LogP contribution in [0.2, 0.25) is 0 Å². The van der Waals surface area contributed by atoms with Gasteiger partial charge in [-0.1, -0.05) is 0 Å². The van der Waals surface area contributed by atoms with E-state index in [2.05, 4.69) is 136 Å². The van der Waals surface area contributed by atoms with Gasteiger partial charge in [0.05, 0.1) is 66.9 Å². The number of amides is 3. The lowest BCUT2D eigenvalue weighted by Gasteiger charge is -2.03. The van der Waals surface area contributed by atoms with Crippen LogP contribution in [-0.4, -0.2) is 156 Å². The summed E-state index contributed by atoms with van der Waals surface area (Å²) < 4.78 is 0. The Morgan fingerprint density at radius 1 is 0.411 bits per heavy atom. The fourth-order valence-corrected chi connectivity index (χ4v) is 16.8. The first-order valence-corrected chi connectivity index (χ1v) is 42.2. The van der Waals surface area contributed by atoms with E-state index in [1.807, 2.05) is 92.0 Å². The van der Waals surface area contributed by atoms with E-state index in [1.54, 1.807) is 82.8 Å². The molecule has 0 unspecified atom stereocenters. The van der Waals surface area contributed by atoms with Gasteiger partial charge < -0.3 is 21.3 Å². The fourth-order valence-electron chi connectivity index (χ4n) is 11.0. The number of fused-ring (bicyclic) bond motifs is 5. The van der Waals surface area contributed by atoms with Gasteiger partial charge in [-0.25, -0.2) is 15.0 Å². The quantitative estimate of drug-likeness (QED) is 0.0153. The molecule has 17 N–H and O–H groups in total. The summed E-state index contributed by atoms with van der Waals surface area (Å²) >= 11 is 11.4. The van der Waals surface area contributed by atoms with Gasteiger partial charge in [0.15, 0.2) is 16.1 Å². The van der Waals surface area contributed by atoms with Crippen LogP contribution in [0, 0.1) is 13.8 Å². The van der Waals surface area contributed by atoms with E-state index >= 15 is 0 Å². The normalized spacial score (nSPS) is 12.3. The first kappa shape index (κ1) is 79.0. The van der Waals surface area contributed by atoms with Crippen molar-refractivity contribution in [1.29, 1.82) is 0 Å². The highest BCUT2D eigenvalue weighted by molar-refractivity contribution is 8.00. The summed E-state index contributed by atoms with van der Waals surface area (Å²) in [5, 5.41) is 68.7. The highest BCUT2D eigenvalue weighted by Crippen LogP contribution is 2.40. The van der Waals surface area contributed by atoms with Crippen LogP contribution in [0.25, 0.3) is 54.5 Å². The first-order chi connectivity index (χ1) is 54.5. The number of thiazole rings is 2. The number of rotatable bonds is 29. The van der Waals surface area contributed by atoms with Gasteiger partial charge in [0.2, 0.25) is 23.7 Å². The van der Waals surface area contributed by atoms with Gasteiger partial charge >= 0.3 is 0 Å². The highest BCUT2D eigenvalue weighted by atomic mass is 32.2. The molecule has 5 aromatic carbocycles. The zero-order valence-corrected chi connectivity index (χ0v) is 66.1. The number of H-pyrrole nitrogens is 12. The Morgan fingerprint density at radius 3 is 1.16 bits per heavy atom. The molecule has 0 bridgehead atoms. The lowest BCUT2D eigenvalue weighted by atomic mass is 10.2. The molecule has 580 valence electrons. The Kier molecular flexibility index (Phi) is 27.3. The molecule has 15 aromatic rings. The number of aromatic amines is 12. The largest absolute Gasteiger partial charge is 0.369 e. The number of benzene rings is 5. The van der Waals surface area contributed by atoms with E-state index in [1.165, 1.54) is 81.5 Å². The second kappa shape index (κ2) is 38.7. The lowest BCUT2D eigenvalue weighted by Crippen LogP contribution is -2.14. The monoisotopic (exact) mass is 1640 g/mol. The Balaban J connectivity index is 0.000000123. The van der Waals surface area contributed by atoms with Crippen LogP contribution in [0.3, 0.4) is 0 Å². The molecular weight excluding hydrogens is 1570 g/mol. The first-order valence-electron chi connectivity index (χ1n) is 35.7. The van der Waals surface area contributed by atoms with Gasteiger partial charge in [0.25, 0.3) is 27.8 Å². The van der Waals surface area contributed by atoms with Crippen molar-refractivity contribution in [2.75, 3.05) is 68.4 Å². The van der Waals surface area contributed by atoms with E-state index < -0.39 is 0 Å². The van der Waals surface area contributed by atoms with Gasteiger partial charge in [0.1, 0.15) is 5.82 Å². The molecular formula is C73H78N24O8S7. The maximum atomic E-state index is 12.0. The highest BCUT2D eigenvalue weighted by Gasteiger charge is 2.27. The number of carbonyl (C=O) groups excluding carboxylic acids is 3. The summed E-state index contributed by atoms with van der Waals surface area (Å²) in [5.74, 6) is 6.75. The van der Waals surface area contributed by atoms with Crippen molar-refractivity contribution in [2.45, 2.75) is 108 Å². The molecule has 3 amide bonds. The number of carbonyl (C=O) groups is 3. The summed E-state index contributed by atoms with van der Waals surface area (Å²) in [6.45, 7) is 5.83. The number of nitrogens with zero attached hydrogens (tertiary/aromatic N) is 7. The van der Waals surface area contributed by atoms with Crippen molar-refractivity contribution in [1.82, 2.24) is 96.5 Å². The van der Waals surface area contributed by atoms with Crippen molar-refractivity contribution in [3.05, 3.63) is 201 Å². The molecule has 2 aliphatic carbocycles. The standard InChI is InChI=1S/C16H17N5O2S.C16H19N5OS.C14H14N4O2S2.C14H16N4OS2.C13H12N6O2S/c22-15(17-14-8-12(18-20-14)9-1-2-9)5-6-24-10-3-4-11-13(7-10)19-21-16(11)23;22-16-12-5-4-11(8-14(12)19-21-16)23-7-1-6-17-15-9-13(18-20-15)10-2-3-10;1-8-7-15-14(22-8)16-12(19)4-5-21-9-2-3-10-11(6-9)17-18-13(10)20;1-9-8-16-14(21-9)15-5-2-6-20-10-3-4-11-12(7-10)17-18-13(11)19;20-11(16-13-14-4-5-15-19-13)3-6-22-8-1-2-9-10(7-8)17-18-12(9)21/h3-4,7-9H,1-2,5-6H2,(H2,19,21,23)(H2,17,18,20,22);4-5,8-10H,1-3,6-7H2,(H2,17,18,20)(H2,19,21,22);2-3,6-7H,4-5H2,1H3,(H,15,16,19)(H2,17,18,20);3-4,7-8H,2,5-6H2,1H3,(H,15,16)(H2,17,18,19);1-2,4-5,7H,3,6H2,(H2,17,18,21)(H,14,16,19,20). The molecule has 2 fully saturated rings. The van der Waals surface area contributed by atoms with Gasteiger partial charge in [-0.2, -0.15) is 15.3 Å². The molecule has 10 heterocycles. The van der Waals surface area contributed by atoms with Gasteiger partial charge in [-0.3, -0.25) is 105 Å². The van der Waals surface area contributed by atoms with E-state index in [9.17, 15) is 38.4 Å². The second-order valence-electron chi connectivity index (χ2n) is 25.6. The molecule has 0 atom stereocenters. The smallest absolute Gasteiger partial charge is 0.271 e. The Labute approximate surface area is 665 Å². The second-order valence-corrected chi connectivity index (χ2v) is 33.9. The fraction of sp³-hybridized carbons (Fsp3) is 0.274. The maximum absolute atomic E-state index is 12.0. The summed E-state index contributed by atoms with van der Waals surface area (Å²) in [4.78, 5) is 113. The summed E-state index contributed by atoms with van der Waals surface area (Å²) in [5.41, 5.74) is 5.89. The van der Waals surface area contributed by atoms with Gasteiger partial charge in [-0.15, -0.1) is 86.6 Å². The maximum Gasteiger partial charge on any atom is 0.271 e. The van der Waals surface area contributed by atoms with E-state index in [0.29, 0.717) is 86.2 Å². The molecule has 112 heavy (non-hydrogen) atoms. The van der Waals surface area contributed by atoms with Crippen LogP contribution >= 0.6 is 81.5 Å². The van der Waals surface area contributed by atoms with Crippen molar-refractivity contribution < 1.29 is 14.4 Å². The summed E-state index contributed by atoms with van der Waals surface area (Å²) in [7, 11) is 0. The zero-order chi connectivity index (χ0) is 77.7. The molecule has 0 aliphatic heterocycles. The number of hydrogen-bond acceptors (Lipinski definition) is 24. The number of nitrogens with one attached hydrogen (secondary N) is 17. The van der Waals surface area contributed by atoms with Gasteiger partial charge in [-0.05, 0) is 155 Å². The van der Waals surface area contributed by atoms with Crippen LogP contribution < -0.4 is 54.4 Å². The van der Waals surface area contributed by atoms with Crippen molar-refractivity contribution >= 4 is 182 Å². The number of hydrogen-bond donors (Lipinski definition) is 17. The van der Waals surface area contributed by atoms with Crippen LogP contribution in [0.15, 0.2) is 176 Å². The predicted octanol–water partition coefficient (Wildman–Crippen LogP) is 12.7. The molecule has 0 spiro atoms. The van der Waals surface area contributed by atoms with Crippen LogP contribution in [-0.2, 0) is 14.4 Å². The van der Waals surface area contributed by atoms with Crippen LogP contribution in [0.1, 0.15) is 90.8 Å². The third kappa shape index (κ3) is 23.0. The third-order valence-corrected chi connectivity index (χ3v) is 23.9. The minimum atomic E-state index is -0.170. The molecule has 17 rings (SSSR count). The molecule has 0 radical (unpaired) electrons. The van der Waals surface area contributed by atoms with Crippen LogP contribution in [0.4, 0.5) is 27.8 Å². The van der Waals surface area contributed by atoms with Crippen molar-refractivity contribution in [2.24, 2.45) is 0 Å². The predicted molar refractivity (Wildman–Crippen MR) is 449 cm³/mol. The van der Waals surface area contributed by atoms with Crippen molar-refractivity contribution in [3.8, 4) is 0 Å².